The van der Waals surface area contributed by atoms with Crippen LogP contribution in [0, 0.1) is 0 Å². The normalized spacial score (nSPS) is 11.7. The molecule has 0 spiro atoms. The second kappa shape index (κ2) is 23.2. The molecule has 0 saturated carbocycles. The Balaban J connectivity index is 1.70. The van der Waals surface area contributed by atoms with Crippen molar-refractivity contribution in [1.29, 1.82) is 0 Å². The van der Waals surface area contributed by atoms with Gasteiger partial charge in [-0.3, -0.25) is 0 Å². The van der Waals surface area contributed by atoms with Crippen LogP contribution in [0.3, 0.4) is 0 Å². The average Bonchev–Trinajstić information content (AvgIpc) is 3.07. The summed E-state index contributed by atoms with van der Waals surface area (Å²) in [6.45, 7) is 4.62. The quantitative estimate of drug-likeness (QED) is 0.0463. The third-order valence-electron chi connectivity index (χ3n) is 9.38. The lowest BCUT2D eigenvalue weighted by Crippen LogP contribution is -2.29. The Morgan fingerprint density at radius 1 is 0.409 bits per heavy atom. The van der Waals surface area contributed by atoms with E-state index in [1.807, 2.05) is 0 Å². The molecule has 0 fully saturated rings. The molecule has 44 heavy (non-hydrogen) atoms. The van der Waals surface area contributed by atoms with Gasteiger partial charge in [-0.15, -0.1) is 0 Å². The van der Waals surface area contributed by atoms with Crippen molar-refractivity contribution in [3.8, 4) is 0 Å². The minimum atomic E-state index is -1.77. The highest BCUT2D eigenvalue weighted by Crippen LogP contribution is 2.64. The number of aryl methyl sites for hydroxylation is 1. The zero-order valence-electron chi connectivity index (χ0n) is 28.4. The summed E-state index contributed by atoms with van der Waals surface area (Å²) in [4.78, 5) is -1.77. The molecular formula is C42H63IP+. The second-order valence-electron chi connectivity index (χ2n) is 13.0. The van der Waals surface area contributed by atoms with Crippen LogP contribution >= 0.6 is 26.9 Å². The summed E-state index contributed by atoms with van der Waals surface area (Å²) >= 11 is 2.89. The fraction of sp³-hybridized carbons (Fsp3) is 0.571. The molecule has 0 aromatic heterocycles. The van der Waals surface area contributed by atoms with Crippen molar-refractivity contribution in [3.63, 3.8) is 0 Å². The number of unbranched alkanes of at least 4 members (excludes halogenated alkanes) is 18. The molecule has 2 heteroatoms. The van der Waals surface area contributed by atoms with Gasteiger partial charge in [0, 0.05) is 0 Å². The van der Waals surface area contributed by atoms with E-state index in [0.717, 1.165) is 0 Å². The van der Waals surface area contributed by atoms with Gasteiger partial charge in [-0.1, -0.05) is 178 Å². The smallest absolute Gasteiger partial charge is 0.0654 e. The number of benzene rings is 3. The minimum Gasteiger partial charge on any atom is -0.0654 e. The fourth-order valence-corrected chi connectivity index (χ4v) is 12.9. The molecule has 0 unspecified atom stereocenters. The van der Waals surface area contributed by atoms with Crippen LogP contribution < -0.4 is 15.9 Å². The van der Waals surface area contributed by atoms with Crippen molar-refractivity contribution in [2.24, 2.45) is 0 Å². The monoisotopic (exact) mass is 725 g/mol. The average molecular weight is 726 g/mol. The van der Waals surface area contributed by atoms with Crippen LogP contribution in [0.25, 0.3) is 0 Å². The molecule has 0 N–H and O–H groups in total. The summed E-state index contributed by atoms with van der Waals surface area (Å²) in [5.74, 6) is 0. The predicted octanol–water partition coefficient (Wildman–Crippen LogP) is 13.3. The molecule has 0 amide bonds. The van der Waals surface area contributed by atoms with Crippen molar-refractivity contribution in [2.45, 2.75) is 155 Å². The van der Waals surface area contributed by atoms with Gasteiger partial charge in [0.15, 0.2) is 26.9 Å². The number of halogens is 1. The summed E-state index contributed by atoms with van der Waals surface area (Å²) < 4.78 is 0. The molecule has 0 aliphatic carbocycles. The Hall–Kier alpha value is -1.18. The molecule has 0 aliphatic heterocycles. The van der Waals surface area contributed by atoms with Crippen LogP contribution in [-0.4, -0.2) is 0 Å². The van der Waals surface area contributed by atoms with Gasteiger partial charge in [0.2, 0.25) is 0 Å². The van der Waals surface area contributed by atoms with Crippen molar-refractivity contribution >= 4 is 42.9 Å². The molecule has 0 saturated heterocycles. The van der Waals surface area contributed by atoms with Crippen molar-refractivity contribution in [1.82, 2.24) is 0 Å². The van der Waals surface area contributed by atoms with Crippen molar-refractivity contribution in [3.05, 3.63) is 90.0 Å². The molecule has 3 aromatic rings. The van der Waals surface area contributed by atoms with Gasteiger partial charge in [-0.25, -0.2) is 0 Å². The molecule has 0 radical (unpaired) electrons. The first-order valence-electron chi connectivity index (χ1n) is 18.5. The number of rotatable bonds is 25. The number of hydrogen-bond acceptors (Lipinski definition) is 0. The van der Waals surface area contributed by atoms with E-state index in [-0.39, 0.29) is 0 Å². The van der Waals surface area contributed by atoms with Crippen LogP contribution in [-0.2, 0) is 12.8 Å². The van der Waals surface area contributed by atoms with Crippen LogP contribution in [0.1, 0.15) is 153 Å². The lowest BCUT2D eigenvalue weighted by atomic mass is 9.96. The van der Waals surface area contributed by atoms with E-state index in [1.54, 1.807) is 16.4 Å². The molecular weight excluding hydrogens is 662 g/mol. The first kappa shape index (κ1) is 37.3. The second-order valence-corrected chi connectivity index (χ2v) is 20.1. The van der Waals surface area contributed by atoms with Crippen LogP contribution in [0.5, 0.6) is 0 Å². The van der Waals surface area contributed by atoms with Crippen LogP contribution in [0.15, 0.2) is 78.9 Å². The Morgan fingerprint density at radius 2 is 0.795 bits per heavy atom. The molecule has 242 valence electrons. The van der Waals surface area contributed by atoms with E-state index in [0.29, 0.717) is 0 Å². The first-order chi connectivity index (χ1) is 21.7. The zero-order valence-corrected chi connectivity index (χ0v) is 31.4. The van der Waals surface area contributed by atoms with Gasteiger partial charge in [-0.05, 0) is 67.1 Å². The van der Waals surface area contributed by atoms with Gasteiger partial charge < -0.3 is 0 Å². The lowest BCUT2D eigenvalue weighted by molar-refractivity contribution is 0.553. The summed E-state index contributed by atoms with van der Waals surface area (Å²) in [6, 6.07) is 30.2. The highest BCUT2D eigenvalue weighted by Gasteiger charge is 2.45. The molecule has 3 aromatic carbocycles. The first-order valence-corrected chi connectivity index (χ1v) is 23.1. The van der Waals surface area contributed by atoms with Gasteiger partial charge >= 0.3 is 0 Å². The third-order valence-corrected chi connectivity index (χ3v) is 17.4. The molecule has 0 heterocycles. The van der Waals surface area contributed by atoms with Gasteiger partial charge in [0.05, 0.1) is 0 Å². The molecule has 0 bridgehead atoms. The largest absolute Gasteiger partial charge is 0.173 e. The van der Waals surface area contributed by atoms with E-state index in [2.05, 4.69) is 115 Å². The Labute approximate surface area is 286 Å². The Morgan fingerprint density at radius 3 is 1.23 bits per heavy atom. The Bertz CT molecular complexity index is 1070. The van der Waals surface area contributed by atoms with E-state index in [9.17, 15) is 0 Å². The standard InChI is InChI=1S/C42H63IP/c1-3-5-7-9-11-13-15-17-19-23-30-38-31-29-37-42(41(38)36-28-20-18-16-14-12-10-8-6-4-2)44(43,39-32-24-21-25-33-39)40-34-26-22-27-35-40/h21-22,24-27,29,31-35,37H,3-20,23,28,30,36H2,1-2H3/q+1. The lowest BCUT2D eigenvalue weighted by Gasteiger charge is -2.24. The summed E-state index contributed by atoms with van der Waals surface area (Å²) in [5.41, 5.74) is 3.31. The number of hydrogen-bond donors (Lipinski definition) is 0. The van der Waals surface area contributed by atoms with Crippen LogP contribution in [0.2, 0.25) is 0 Å². The van der Waals surface area contributed by atoms with Crippen LogP contribution in [0.4, 0.5) is 0 Å². The molecule has 0 nitrogen and oxygen atoms in total. The van der Waals surface area contributed by atoms with Gasteiger partial charge in [0.25, 0.3) is 0 Å². The third kappa shape index (κ3) is 12.9. The van der Waals surface area contributed by atoms with Gasteiger partial charge in [0.1, 0.15) is 15.9 Å². The topological polar surface area (TPSA) is 0 Å². The summed E-state index contributed by atoms with van der Waals surface area (Å²) in [7, 11) is 0. The summed E-state index contributed by atoms with van der Waals surface area (Å²) in [6.07, 6.45) is 30.4. The van der Waals surface area contributed by atoms with Crippen molar-refractivity contribution in [2.75, 3.05) is 0 Å². The molecule has 0 atom stereocenters. The molecule has 3 rings (SSSR count). The Kier molecular flexibility index (Phi) is 19.6. The summed E-state index contributed by atoms with van der Waals surface area (Å²) in [5, 5.41) is 4.61. The van der Waals surface area contributed by atoms with E-state index >= 15 is 0 Å². The highest BCUT2D eigenvalue weighted by atomic mass is 127. The molecule has 0 aliphatic rings. The van der Waals surface area contributed by atoms with Crippen molar-refractivity contribution < 1.29 is 0 Å². The fourth-order valence-electron chi connectivity index (χ4n) is 6.72. The predicted molar refractivity (Wildman–Crippen MR) is 210 cm³/mol. The van der Waals surface area contributed by atoms with E-state index in [4.69, 9.17) is 0 Å². The highest BCUT2D eigenvalue weighted by molar-refractivity contribution is 14.2. The van der Waals surface area contributed by atoms with Gasteiger partial charge in [-0.2, -0.15) is 0 Å². The maximum absolute atomic E-state index is 2.89. The zero-order chi connectivity index (χ0) is 31.1. The van der Waals surface area contributed by atoms with E-state index in [1.165, 1.54) is 152 Å². The van der Waals surface area contributed by atoms with E-state index < -0.39 is 4.90 Å². The maximum Gasteiger partial charge on any atom is 0.173 e. The minimum absolute atomic E-state index is 1.23. The maximum atomic E-state index is 2.89. The SMILES string of the molecule is CCCCCCCCCCCCc1cccc([P+](I)(c2ccccc2)c2ccccc2)c1CCCCCCCCCCCC.